The topological polar surface area (TPSA) is 82.1 Å². The highest BCUT2D eigenvalue weighted by atomic mass is 32.2. The van der Waals surface area contributed by atoms with Crippen molar-refractivity contribution in [2.45, 2.75) is 49.5 Å². The van der Waals surface area contributed by atoms with Crippen LogP contribution >= 0.6 is 0 Å². The molecule has 0 N–H and O–H groups in total. The Hall–Kier alpha value is -1.64. The van der Waals surface area contributed by atoms with Crippen LogP contribution in [0.25, 0.3) is 0 Å². The van der Waals surface area contributed by atoms with Crippen LogP contribution in [0, 0.1) is 0 Å². The first-order valence-corrected chi connectivity index (χ1v) is 10.9. The number of benzene rings is 1. The lowest BCUT2D eigenvalue weighted by Gasteiger charge is -2.27. The minimum Gasteiger partial charge on any atom is -0.495 e. The molecule has 1 aliphatic heterocycles. The predicted octanol–water partition coefficient (Wildman–Crippen LogP) is 2.13. The maximum Gasteiger partial charge on any atom is 0.310 e. The summed E-state index contributed by atoms with van der Waals surface area (Å²) in [4.78, 5) is 12.3. The third-order valence-corrected chi connectivity index (χ3v) is 6.93. The minimum atomic E-state index is -3.71. The van der Waals surface area contributed by atoms with Crippen molar-refractivity contribution in [2.75, 3.05) is 33.4 Å². The highest BCUT2D eigenvalue weighted by molar-refractivity contribution is 7.89. The monoisotopic (exact) mass is 397 g/mol. The lowest BCUT2D eigenvalue weighted by Crippen LogP contribution is -2.40. The average Bonchev–Trinajstić information content (AvgIpc) is 2.69. The number of nitrogens with zero attached hydrogens (tertiary/aromatic N) is 1. The van der Waals surface area contributed by atoms with Crippen LogP contribution in [0.1, 0.15) is 37.7 Å². The predicted molar refractivity (Wildman–Crippen MR) is 99.2 cm³/mol. The van der Waals surface area contributed by atoms with Crippen molar-refractivity contribution in [3.63, 3.8) is 0 Å². The Morgan fingerprint density at radius 1 is 1.19 bits per heavy atom. The summed E-state index contributed by atoms with van der Waals surface area (Å²) in [5.74, 6) is -0.0484. The number of morpholine rings is 1. The molecule has 0 aromatic heterocycles. The SMILES string of the molecule is COc1ccc(CC(=O)OC2CCCCC2)cc1S(=O)(=O)N1CCOCC1. The molecule has 1 aromatic rings. The van der Waals surface area contributed by atoms with Crippen LogP contribution in [0.4, 0.5) is 0 Å². The van der Waals surface area contributed by atoms with Crippen LogP contribution < -0.4 is 4.74 Å². The first-order chi connectivity index (χ1) is 13.0. The van der Waals surface area contributed by atoms with E-state index in [1.807, 2.05) is 0 Å². The van der Waals surface area contributed by atoms with E-state index in [4.69, 9.17) is 14.2 Å². The number of carbonyl (C=O) groups excluding carboxylic acids is 1. The van der Waals surface area contributed by atoms with Crippen molar-refractivity contribution in [2.24, 2.45) is 0 Å². The molecular formula is C19H27NO6S. The summed E-state index contributed by atoms with van der Waals surface area (Å²) in [6.45, 7) is 1.35. The average molecular weight is 397 g/mol. The number of methoxy groups -OCH3 is 1. The van der Waals surface area contributed by atoms with Crippen LogP contribution in [-0.4, -0.2) is 58.2 Å². The molecule has 1 heterocycles. The molecule has 0 atom stereocenters. The van der Waals surface area contributed by atoms with Crippen molar-refractivity contribution >= 4 is 16.0 Å². The van der Waals surface area contributed by atoms with Crippen molar-refractivity contribution in [1.82, 2.24) is 4.31 Å². The van der Waals surface area contributed by atoms with E-state index in [1.54, 1.807) is 12.1 Å². The standard InChI is InChI=1S/C19H27NO6S/c1-24-17-8-7-15(14-19(21)26-16-5-3-2-4-6-16)13-18(17)27(22,23)20-9-11-25-12-10-20/h7-8,13,16H,2-6,9-12,14H2,1H3. The van der Waals surface area contributed by atoms with E-state index in [0.29, 0.717) is 31.9 Å². The van der Waals surface area contributed by atoms with Gasteiger partial charge in [-0.1, -0.05) is 12.5 Å². The molecule has 7 nitrogen and oxygen atoms in total. The van der Waals surface area contributed by atoms with Crippen LogP contribution in [0.15, 0.2) is 23.1 Å². The number of sulfonamides is 1. The first-order valence-electron chi connectivity index (χ1n) is 9.45. The molecule has 1 saturated carbocycles. The fourth-order valence-corrected chi connectivity index (χ4v) is 5.15. The van der Waals surface area contributed by atoms with Gasteiger partial charge in [0.2, 0.25) is 10.0 Å². The van der Waals surface area contributed by atoms with Crippen LogP contribution in [0.5, 0.6) is 5.75 Å². The number of hydrogen-bond acceptors (Lipinski definition) is 6. The molecule has 1 aliphatic carbocycles. The molecule has 0 unspecified atom stereocenters. The fourth-order valence-electron chi connectivity index (χ4n) is 3.54. The molecule has 150 valence electrons. The summed E-state index contributed by atoms with van der Waals surface area (Å²) >= 11 is 0. The van der Waals surface area contributed by atoms with E-state index in [-0.39, 0.29) is 29.1 Å². The van der Waals surface area contributed by atoms with E-state index < -0.39 is 10.0 Å². The first kappa shape index (κ1) is 20.1. The molecule has 8 heteroatoms. The maximum atomic E-state index is 13.0. The van der Waals surface area contributed by atoms with E-state index in [9.17, 15) is 13.2 Å². The molecule has 1 aromatic carbocycles. The van der Waals surface area contributed by atoms with Crippen LogP contribution in [-0.2, 0) is 30.7 Å². The zero-order chi connectivity index (χ0) is 19.3. The van der Waals surface area contributed by atoms with Crippen molar-refractivity contribution in [3.8, 4) is 5.75 Å². The highest BCUT2D eigenvalue weighted by Crippen LogP contribution is 2.29. The maximum absolute atomic E-state index is 13.0. The Morgan fingerprint density at radius 3 is 2.56 bits per heavy atom. The molecule has 0 radical (unpaired) electrons. The van der Waals surface area contributed by atoms with Gasteiger partial charge in [-0.2, -0.15) is 4.31 Å². The molecule has 3 rings (SSSR count). The smallest absolute Gasteiger partial charge is 0.310 e. The zero-order valence-electron chi connectivity index (χ0n) is 15.7. The second kappa shape index (κ2) is 9.03. The van der Waals surface area contributed by atoms with Gasteiger partial charge in [0, 0.05) is 13.1 Å². The van der Waals surface area contributed by atoms with Gasteiger partial charge < -0.3 is 14.2 Å². The van der Waals surface area contributed by atoms with Gasteiger partial charge in [0.1, 0.15) is 16.7 Å². The molecule has 0 amide bonds. The normalized spacial score (nSPS) is 19.6. The molecule has 27 heavy (non-hydrogen) atoms. The van der Waals surface area contributed by atoms with E-state index in [0.717, 1.165) is 25.7 Å². The number of esters is 1. The van der Waals surface area contributed by atoms with Gasteiger partial charge in [-0.3, -0.25) is 4.79 Å². The van der Waals surface area contributed by atoms with E-state index in [1.165, 1.54) is 23.9 Å². The largest absolute Gasteiger partial charge is 0.495 e. The van der Waals surface area contributed by atoms with E-state index in [2.05, 4.69) is 0 Å². The summed E-state index contributed by atoms with van der Waals surface area (Å²) < 4.78 is 43.4. The Kier molecular flexibility index (Phi) is 6.73. The minimum absolute atomic E-state index is 0.0129. The number of hydrogen-bond donors (Lipinski definition) is 0. The summed E-state index contributed by atoms with van der Waals surface area (Å²) in [7, 11) is -2.28. The summed E-state index contributed by atoms with van der Waals surface area (Å²) in [6, 6.07) is 4.82. The summed E-state index contributed by atoms with van der Waals surface area (Å²) in [6.07, 6.45) is 5.21. The van der Waals surface area contributed by atoms with Crippen molar-refractivity contribution in [3.05, 3.63) is 23.8 Å². The van der Waals surface area contributed by atoms with Gasteiger partial charge in [0.05, 0.1) is 26.7 Å². The summed E-state index contributed by atoms with van der Waals surface area (Å²) in [5, 5.41) is 0. The van der Waals surface area contributed by atoms with Gasteiger partial charge in [0.25, 0.3) is 0 Å². The van der Waals surface area contributed by atoms with Gasteiger partial charge in [-0.25, -0.2) is 8.42 Å². The lowest BCUT2D eigenvalue weighted by molar-refractivity contribution is -0.149. The lowest BCUT2D eigenvalue weighted by atomic mass is 9.98. The molecule has 0 spiro atoms. The number of carbonyl (C=O) groups is 1. The Balaban J connectivity index is 1.75. The molecule has 0 bridgehead atoms. The summed E-state index contributed by atoms with van der Waals surface area (Å²) in [5.41, 5.74) is 0.600. The second-order valence-electron chi connectivity index (χ2n) is 6.93. The third-order valence-electron chi connectivity index (χ3n) is 5.01. The molecular weight excluding hydrogens is 370 g/mol. The van der Waals surface area contributed by atoms with Crippen LogP contribution in [0.2, 0.25) is 0 Å². The van der Waals surface area contributed by atoms with Gasteiger partial charge in [-0.15, -0.1) is 0 Å². The third kappa shape index (κ3) is 5.00. The molecule has 1 saturated heterocycles. The number of ether oxygens (including phenoxy) is 3. The molecule has 2 fully saturated rings. The Labute approximate surface area is 160 Å². The van der Waals surface area contributed by atoms with E-state index >= 15 is 0 Å². The Morgan fingerprint density at radius 2 is 1.89 bits per heavy atom. The fraction of sp³-hybridized carbons (Fsp3) is 0.632. The zero-order valence-corrected chi connectivity index (χ0v) is 16.5. The molecule has 2 aliphatic rings. The van der Waals surface area contributed by atoms with Gasteiger partial charge in [-0.05, 0) is 43.4 Å². The highest BCUT2D eigenvalue weighted by Gasteiger charge is 2.29. The van der Waals surface area contributed by atoms with Crippen molar-refractivity contribution < 1.29 is 27.4 Å². The Bertz CT molecular complexity index is 751. The quantitative estimate of drug-likeness (QED) is 0.684. The van der Waals surface area contributed by atoms with Gasteiger partial charge in [0.15, 0.2) is 0 Å². The number of rotatable bonds is 6. The van der Waals surface area contributed by atoms with Gasteiger partial charge >= 0.3 is 5.97 Å². The second-order valence-corrected chi connectivity index (χ2v) is 8.83. The van der Waals surface area contributed by atoms with Crippen molar-refractivity contribution in [1.29, 1.82) is 0 Å². The van der Waals surface area contributed by atoms with Crippen LogP contribution in [0.3, 0.4) is 0 Å².